The number of allylic oxidation sites excluding steroid dienone is 2. The Balaban J connectivity index is 1.25. The Morgan fingerprint density at radius 1 is 0.973 bits per heavy atom. The van der Waals surface area contributed by atoms with Crippen LogP contribution in [-0.2, 0) is 16.0 Å². The van der Waals surface area contributed by atoms with Gasteiger partial charge in [-0.15, -0.1) is 0 Å². The average Bonchev–Trinajstić information content (AvgIpc) is 2.92. The van der Waals surface area contributed by atoms with E-state index in [4.69, 9.17) is 4.74 Å². The summed E-state index contributed by atoms with van der Waals surface area (Å²) >= 11 is 0. The third-order valence-corrected chi connectivity index (χ3v) is 8.63. The Hall–Kier alpha value is -2.49. The fraction of sp³-hybridized carbons (Fsp3) is 0.545. The normalized spacial score (nSPS) is 25.2. The first kappa shape index (κ1) is 27.5. The second-order valence-corrected chi connectivity index (χ2v) is 11.3. The smallest absolute Gasteiger partial charge is 0.309 e. The minimum absolute atomic E-state index is 0.0331. The molecule has 37 heavy (non-hydrogen) atoms. The molecule has 2 nitrogen and oxygen atoms in total. The molecule has 0 heterocycles. The van der Waals surface area contributed by atoms with Gasteiger partial charge in [-0.2, -0.15) is 0 Å². The van der Waals surface area contributed by atoms with E-state index in [1.165, 1.54) is 18.6 Å². The Labute approximate surface area is 221 Å². The van der Waals surface area contributed by atoms with Crippen LogP contribution in [0.1, 0.15) is 107 Å². The Morgan fingerprint density at radius 2 is 1.62 bits per heavy atom. The molecule has 2 saturated carbocycles. The standard InChI is InChI=1S/C33H42F2O2/c1-3-4-6-9-24-12-18-29(19-13-24)37-33(36)27-16-14-26(15-17-27)28-21-31(34)30(32(35)22-28)20-23(2)25-10-7-5-8-11-25/h3-5,7-8,10-11,21-24,26-27,29H,6,9,12-20H2,1-2H3/t23-,24?,26?,27?,29?/m1/s1. The highest BCUT2D eigenvalue weighted by atomic mass is 19.1. The van der Waals surface area contributed by atoms with Crippen LogP contribution in [0.5, 0.6) is 0 Å². The summed E-state index contributed by atoms with van der Waals surface area (Å²) in [5, 5.41) is 0. The van der Waals surface area contributed by atoms with Crippen molar-refractivity contribution in [2.24, 2.45) is 11.8 Å². The molecule has 0 aliphatic heterocycles. The van der Waals surface area contributed by atoms with Crippen LogP contribution >= 0.6 is 0 Å². The fourth-order valence-corrected chi connectivity index (χ4v) is 6.22. The van der Waals surface area contributed by atoms with Crippen LogP contribution in [0.25, 0.3) is 0 Å². The lowest BCUT2D eigenvalue weighted by atomic mass is 9.78. The fourth-order valence-electron chi connectivity index (χ4n) is 6.22. The predicted molar refractivity (Wildman–Crippen MR) is 146 cm³/mol. The van der Waals surface area contributed by atoms with E-state index in [-0.39, 0.29) is 35.4 Å². The number of esters is 1. The van der Waals surface area contributed by atoms with Crippen molar-refractivity contribution in [3.63, 3.8) is 0 Å². The van der Waals surface area contributed by atoms with E-state index in [1.54, 1.807) is 0 Å². The van der Waals surface area contributed by atoms with Crippen molar-refractivity contribution < 1.29 is 18.3 Å². The van der Waals surface area contributed by atoms with Gasteiger partial charge in [-0.25, -0.2) is 8.78 Å². The van der Waals surface area contributed by atoms with Crippen LogP contribution in [0.3, 0.4) is 0 Å². The van der Waals surface area contributed by atoms with Gasteiger partial charge in [0.05, 0.1) is 5.92 Å². The summed E-state index contributed by atoms with van der Waals surface area (Å²) in [5.41, 5.74) is 1.95. The molecule has 0 spiro atoms. The minimum atomic E-state index is -0.458. The first-order valence-corrected chi connectivity index (χ1v) is 14.3. The molecule has 4 heteroatoms. The highest BCUT2D eigenvalue weighted by Gasteiger charge is 2.31. The van der Waals surface area contributed by atoms with Gasteiger partial charge in [0.25, 0.3) is 0 Å². The van der Waals surface area contributed by atoms with Crippen molar-refractivity contribution in [3.8, 4) is 0 Å². The monoisotopic (exact) mass is 508 g/mol. The van der Waals surface area contributed by atoms with E-state index in [2.05, 4.69) is 19.1 Å². The molecular formula is C33H42F2O2. The van der Waals surface area contributed by atoms with Gasteiger partial charge in [0.1, 0.15) is 17.7 Å². The molecule has 0 unspecified atom stereocenters. The molecule has 200 valence electrons. The number of rotatable bonds is 9. The van der Waals surface area contributed by atoms with Gasteiger partial charge in [-0.1, -0.05) is 49.4 Å². The molecule has 2 aromatic rings. The molecule has 2 aliphatic rings. The quantitative estimate of drug-likeness (QED) is 0.249. The summed E-state index contributed by atoms with van der Waals surface area (Å²) in [4.78, 5) is 12.8. The second-order valence-electron chi connectivity index (χ2n) is 11.3. The van der Waals surface area contributed by atoms with E-state index >= 15 is 8.78 Å². The summed E-state index contributed by atoms with van der Waals surface area (Å²) in [6.07, 6.45) is 14.3. The van der Waals surface area contributed by atoms with Crippen LogP contribution in [0, 0.1) is 23.5 Å². The largest absolute Gasteiger partial charge is 0.462 e. The summed E-state index contributed by atoms with van der Waals surface area (Å²) in [6, 6.07) is 12.9. The molecule has 4 rings (SSSR count). The summed E-state index contributed by atoms with van der Waals surface area (Å²) in [7, 11) is 0. The lowest BCUT2D eigenvalue weighted by Crippen LogP contribution is -2.30. The van der Waals surface area contributed by atoms with Gasteiger partial charge in [-0.3, -0.25) is 4.79 Å². The maximum absolute atomic E-state index is 15.0. The van der Waals surface area contributed by atoms with Crippen molar-refractivity contribution in [1.29, 1.82) is 0 Å². The molecule has 0 radical (unpaired) electrons. The number of ether oxygens (including phenoxy) is 1. The first-order chi connectivity index (χ1) is 17.9. The van der Waals surface area contributed by atoms with E-state index in [9.17, 15) is 4.79 Å². The van der Waals surface area contributed by atoms with Crippen molar-refractivity contribution in [2.45, 2.75) is 102 Å². The number of halogens is 2. The average molecular weight is 509 g/mol. The third-order valence-electron chi connectivity index (χ3n) is 8.63. The molecule has 0 aromatic heterocycles. The number of carbonyl (C=O) groups excluding carboxylic acids is 1. The zero-order chi connectivity index (χ0) is 26.2. The zero-order valence-corrected chi connectivity index (χ0v) is 22.4. The topological polar surface area (TPSA) is 26.3 Å². The number of hydrogen-bond acceptors (Lipinski definition) is 2. The van der Waals surface area contributed by atoms with Gasteiger partial charge < -0.3 is 4.74 Å². The highest BCUT2D eigenvalue weighted by Crippen LogP contribution is 2.38. The Bertz CT molecular complexity index is 1010. The van der Waals surface area contributed by atoms with Crippen molar-refractivity contribution in [2.75, 3.05) is 0 Å². The Morgan fingerprint density at radius 3 is 2.24 bits per heavy atom. The molecule has 2 aliphatic carbocycles. The second kappa shape index (κ2) is 13.3. The van der Waals surface area contributed by atoms with Gasteiger partial charge >= 0.3 is 5.97 Å². The van der Waals surface area contributed by atoms with Crippen molar-refractivity contribution in [1.82, 2.24) is 0 Å². The van der Waals surface area contributed by atoms with Gasteiger partial charge in [0.15, 0.2) is 0 Å². The summed E-state index contributed by atoms with van der Waals surface area (Å²) in [6.45, 7) is 4.06. The maximum Gasteiger partial charge on any atom is 0.309 e. The van der Waals surface area contributed by atoms with E-state index in [1.807, 2.05) is 37.3 Å². The minimum Gasteiger partial charge on any atom is -0.462 e. The SMILES string of the molecule is CC=CCCC1CCC(OC(=O)C2CCC(c3cc(F)c(C[C@@H](C)c4ccccc4)c(F)c3)CC2)CC1. The number of benzene rings is 2. The summed E-state index contributed by atoms with van der Waals surface area (Å²) < 4.78 is 35.9. The zero-order valence-electron chi connectivity index (χ0n) is 22.4. The van der Waals surface area contributed by atoms with Crippen LogP contribution in [-0.4, -0.2) is 12.1 Å². The molecule has 2 fully saturated rings. The van der Waals surface area contributed by atoms with Gasteiger partial charge in [0.2, 0.25) is 0 Å². The molecule has 0 saturated heterocycles. The number of hydrogen-bond donors (Lipinski definition) is 0. The highest BCUT2D eigenvalue weighted by molar-refractivity contribution is 5.72. The maximum atomic E-state index is 15.0. The molecule has 0 N–H and O–H groups in total. The Kier molecular flexibility index (Phi) is 9.94. The molecule has 0 bridgehead atoms. The van der Waals surface area contributed by atoms with Crippen molar-refractivity contribution >= 4 is 5.97 Å². The first-order valence-electron chi connectivity index (χ1n) is 14.3. The van der Waals surface area contributed by atoms with E-state index in [0.717, 1.165) is 69.3 Å². The lowest BCUT2D eigenvalue weighted by molar-refractivity contribution is -0.157. The van der Waals surface area contributed by atoms with E-state index in [0.29, 0.717) is 12.0 Å². The molecular weight excluding hydrogens is 466 g/mol. The number of carbonyl (C=O) groups is 1. The van der Waals surface area contributed by atoms with Crippen LogP contribution < -0.4 is 0 Å². The molecule has 2 aromatic carbocycles. The van der Waals surface area contributed by atoms with Crippen LogP contribution in [0.4, 0.5) is 8.78 Å². The van der Waals surface area contributed by atoms with Crippen LogP contribution in [0.15, 0.2) is 54.6 Å². The lowest BCUT2D eigenvalue weighted by Gasteiger charge is -2.31. The molecule has 1 atom stereocenters. The van der Waals surface area contributed by atoms with Crippen molar-refractivity contribution in [3.05, 3.63) is 82.9 Å². The third kappa shape index (κ3) is 7.52. The van der Waals surface area contributed by atoms with E-state index < -0.39 is 11.6 Å². The van der Waals surface area contributed by atoms with Gasteiger partial charge in [-0.05, 0) is 119 Å². The summed E-state index contributed by atoms with van der Waals surface area (Å²) in [5.74, 6) is -0.216. The van der Waals surface area contributed by atoms with Crippen LogP contribution in [0.2, 0.25) is 0 Å². The molecule has 0 amide bonds. The van der Waals surface area contributed by atoms with Gasteiger partial charge in [0, 0.05) is 5.56 Å². The predicted octanol–water partition coefficient (Wildman–Crippen LogP) is 9.04.